The van der Waals surface area contributed by atoms with E-state index in [1.54, 1.807) is 41.9 Å². The highest BCUT2D eigenvalue weighted by Gasteiger charge is 2.20. The zero-order chi connectivity index (χ0) is 24.5. The molecule has 1 amide bonds. The molecule has 2 aromatic carbocycles. The molecule has 180 valence electrons. The summed E-state index contributed by atoms with van der Waals surface area (Å²) in [5.74, 6) is 0.716. The van der Waals surface area contributed by atoms with Crippen molar-refractivity contribution in [3.63, 3.8) is 0 Å². The summed E-state index contributed by atoms with van der Waals surface area (Å²) in [6.07, 6.45) is 0. The van der Waals surface area contributed by atoms with Crippen LogP contribution in [0, 0.1) is 13.8 Å². The van der Waals surface area contributed by atoms with Gasteiger partial charge in [-0.2, -0.15) is 5.10 Å². The molecule has 0 bridgehead atoms. The van der Waals surface area contributed by atoms with E-state index in [2.05, 4.69) is 20.5 Å². The Kier molecular flexibility index (Phi) is 6.38. The molecule has 0 saturated carbocycles. The van der Waals surface area contributed by atoms with Crippen LogP contribution in [-0.4, -0.2) is 43.4 Å². The summed E-state index contributed by atoms with van der Waals surface area (Å²) in [6.45, 7) is 6.27. The molecular weight excluding hydrogens is 458 g/mol. The Morgan fingerprint density at radius 2 is 1.68 bits per heavy atom. The molecule has 0 saturated heterocycles. The van der Waals surface area contributed by atoms with Crippen molar-refractivity contribution in [3.05, 3.63) is 53.9 Å². The second-order valence-corrected chi connectivity index (χ2v) is 9.70. The zero-order valence-corrected chi connectivity index (χ0v) is 20.2. The lowest BCUT2D eigenvalue weighted by molar-refractivity contribution is -0.116. The maximum Gasteiger partial charge on any atom is 0.262 e. The van der Waals surface area contributed by atoms with E-state index >= 15 is 0 Å². The second-order valence-electron chi connectivity index (χ2n) is 8.01. The van der Waals surface area contributed by atoms with Crippen molar-refractivity contribution in [2.75, 3.05) is 28.6 Å². The monoisotopic (exact) mass is 485 g/mol. The highest BCUT2D eigenvalue weighted by molar-refractivity contribution is 7.92. The standard InChI is InChI=1S/C23H27N5O5S/c1-14-22(16(3)28(4)26-14)25-23(29)15(2)24-17-5-7-18(8-6-17)27-34(30,31)19-9-10-20-21(13-19)33-12-11-32-20/h5-10,13,15,24,27H,11-12H2,1-4H3,(H,25,29)/t15-/m0/s1. The normalized spacial score (nSPS) is 13.8. The Morgan fingerprint density at radius 3 is 2.32 bits per heavy atom. The minimum absolute atomic E-state index is 0.0743. The average Bonchev–Trinajstić information content (AvgIpc) is 3.05. The van der Waals surface area contributed by atoms with Gasteiger partial charge < -0.3 is 20.1 Å². The average molecular weight is 486 g/mol. The number of aryl methyl sites for hydroxylation is 2. The van der Waals surface area contributed by atoms with Crippen molar-refractivity contribution in [2.45, 2.75) is 31.7 Å². The van der Waals surface area contributed by atoms with Crippen LogP contribution < -0.4 is 24.8 Å². The number of fused-ring (bicyclic) bond motifs is 1. The molecule has 3 N–H and O–H groups in total. The van der Waals surface area contributed by atoms with Gasteiger partial charge in [0.15, 0.2) is 11.5 Å². The summed E-state index contributed by atoms with van der Waals surface area (Å²) < 4.78 is 40.7. The maximum atomic E-state index is 12.8. The number of aromatic nitrogens is 2. The van der Waals surface area contributed by atoms with Crippen LogP contribution in [0.15, 0.2) is 47.4 Å². The van der Waals surface area contributed by atoms with Gasteiger partial charge >= 0.3 is 0 Å². The van der Waals surface area contributed by atoms with Gasteiger partial charge in [0, 0.05) is 24.5 Å². The van der Waals surface area contributed by atoms with Crippen LogP contribution in [0.2, 0.25) is 0 Å². The van der Waals surface area contributed by atoms with E-state index in [-0.39, 0.29) is 10.8 Å². The minimum Gasteiger partial charge on any atom is -0.486 e. The van der Waals surface area contributed by atoms with Gasteiger partial charge in [0.2, 0.25) is 5.91 Å². The number of amides is 1. The van der Waals surface area contributed by atoms with Crippen LogP contribution >= 0.6 is 0 Å². The first-order chi connectivity index (χ1) is 16.1. The van der Waals surface area contributed by atoms with E-state index < -0.39 is 16.1 Å². The Labute approximate surface area is 198 Å². The number of nitrogens with one attached hydrogen (secondary N) is 3. The first-order valence-electron chi connectivity index (χ1n) is 10.7. The number of rotatable bonds is 7. The van der Waals surface area contributed by atoms with E-state index in [1.807, 2.05) is 20.9 Å². The molecule has 0 unspecified atom stereocenters. The molecule has 0 fully saturated rings. The highest BCUT2D eigenvalue weighted by atomic mass is 32.2. The molecule has 1 aromatic heterocycles. The first-order valence-corrected chi connectivity index (χ1v) is 12.2. The third-order valence-electron chi connectivity index (χ3n) is 5.49. The van der Waals surface area contributed by atoms with Gasteiger partial charge in [0.1, 0.15) is 19.3 Å². The van der Waals surface area contributed by atoms with Crippen LogP contribution in [0.3, 0.4) is 0 Å². The van der Waals surface area contributed by atoms with Crippen molar-refractivity contribution >= 4 is 33.0 Å². The van der Waals surface area contributed by atoms with Crippen molar-refractivity contribution < 1.29 is 22.7 Å². The fourth-order valence-electron chi connectivity index (χ4n) is 3.54. The number of sulfonamides is 1. The van der Waals surface area contributed by atoms with Crippen LogP contribution in [-0.2, 0) is 21.9 Å². The van der Waals surface area contributed by atoms with Gasteiger partial charge in [-0.1, -0.05) is 0 Å². The molecule has 0 radical (unpaired) electrons. The third-order valence-corrected chi connectivity index (χ3v) is 6.87. The van der Waals surface area contributed by atoms with Crippen molar-refractivity contribution in [1.82, 2.24) is 9.78 Å². The maximum absolute atomic E-state index is 12.8. The molecule has 1 aliphatic heterocycles. The highest BCUT2D eigenvalue weighted by Crippen LogP contribution is 2.32. The molecule has 0 spiro atoms. The fourth-order valence-corrected chi connectivity index (χ4v) is 4.61. The number of hydrogen-bond donors (Lipinski definition) is 3. The molecule has 10 nitrogen and oxygen atoms in total. The molecule has 2 heterocycles. The number of nitrogens with zero attached hydrogens (tertiary/aromatic N) is 2. The van der Waals surface area contributed by atoms with Crippen LogP contribution in [0.1, 0.15) is 18.3 Å². The lowest BCUT2D eigenvalue weighted by Crippen LogP contribution is -2.32. The van der Waals surface area contributed by atoms with Crippen LogP contribution in [0.4, 0.5) is 17.1 Å². The van der Waals surface area contributed by atoms with Crippen LogP contribution in [0.5, 0.6) is 11.5 Å². The van der Waals surface area contributed by atoms with Crippen LogP contribution in [0.25, 0.3) is 0 Å². The number of carbonyl (C=O) groups excluding carboxylic acids is 1. The van der Waals surface area contributed by atoms with E-state index in [4.69, 9.17) is 9.47 Å². The summed E-state index contributed by atoms with van der Waals surface area (Å²) in [4.78, 5) is 12.7. The number of benzene rings is 2. The zero-order valence-electron chi connectivity index (χ0n) is 19.4. The van der Waals surface area contributed by atoms with Gasteiger partial charge in [0.05, 0.1) is 22.0 Å². The predicted octanol–water partition coefficient (Wildman–Crippen LogP) is 3.05. The lowest BCUT2D eigenvalue weighted by atomic mass is 10.2. The first kappa shape index (κ1) is 23.4. The Hall–Kier alpha value is -3.73. The molecular formula is C23H27N5O5S. The molecule has 3 aromatic rings. The predicted molar refractivity (Wildman–Crippen MR) is 129 cm³/mol. The Morgan fingerprint density at radius 1 is 1.03 bits per heavy atom. The van der Waals surface area contributed by atoms with E-state index in [0.717, 1.165) is 11.4 Å². The largest absolute Gasteiger partial charge is 0.486 e. The lowest BCUT2D eigenvalue weighted by Gasteiger charge is -2.19. The van der Waals surface area contributed by atoms with Gasteiger partial charge in [-0.25, -0.2) is 8.42 Å². The van der Waals surface area contributed by atoms with Crippen molar-refractivity contribution in [2.24, 2.45) is 7.05 Å². The molecule has 1 aliphatic rings. The molecule has 4 rings (SSSR count). The number of carbonyl (C=O) groups is 1. The topological polar surface area (TPSA) is 124 Å². The van der Waals surface area contributed by atoms with E-state index in [0.29, 0.717) is 41.8 Å². The van der Waals surface area contributed by atoms with Gasteiger partial charge in [-0.15, -0.1) is 0 Å². The SMILES string of the molecule is Cc1nn(C)c(C)c1NC(=O)[C@H](C)Nc1ccc(NS(=O)(=O)c2ccc3c(c2)OCCO3)cc1. The number of hydrogen-bond acceptors (Lipinski definition) is 7. The summed E-state index contributed by atoms with van der Waals surface area (Å²) in [5.41, 5.74) is 3.37. The number of anilines is 3. The van der Waals surface area contributed by atoms with E-state index in [1.165, 1.54) is 12.1 Å². The molecule has 0 aliphatic carbocycles. The quantitative estimate of drug-likeness (QED) is 0.470. The summed E-state index contributed by atoms with van der Waals surface area (Å²) in [7, 11) is -1.99. The summed E-state index contributed by atoms with van der Waals surface area (Å²) in [6, 6.07) is 10.6. The smallest absolute Gasteiger partial charge is 0.262 e. The molecule has 34 heavy (non-hydrogen) atoms. The van der Waals surface area contributed by atoms with Gasteiger partial charge in [0.25, 0.3) is 10.0 Å². The number of ether oxygens (including phenoxy) is 2. The van der Waals surface area contributed by atoms with Gasteiger partial charge in [-0.05, 0) is 57.2 Å². The third kappa shape index (κ3) is 4.93. The summed E-state index contributed by atoms with van der Waals surface area (Å²) >= 11 is 0. The van der Waals surface area contributed by atoms with Crippen molar-refractivity contribution in [1.29, 1.82) is 0 Å². The molecule has 11 heteroatoms. The Balaban J connectivity index is 1.39. The van der Waals surface area contributed by atoms with Gasteiger partial charge in [-0.3, -0.25) is 14.2 Å². The fraction of sp³-hybridized carbons (Fsp3) is 0.304. The molecule has 1 atom stereocenters. The van der Waals surface area contributed by atoms with E-state index in [9.17, 15) is 13.2 Å². The summed E-state index contributed by atoms with van der Waals surface area (Å²) in [5, 5.41) is 10.3. The second kappa shape index (κ2) is 9.26. The minimum atomic E-state index is -3.81. The Bertz CT molecular complexity index is 1320. The van der Waals surface area contributed by atoms with Crippen molar-refractivity contribution in [3.8, 4) is 11.5 Å².